The third-order valence-electron chi connectivity index (χ3n) is 4.08. The zero-order valence-corrected chi connectivity index (χ0v) is 13.5. The van der Waals surface area contributed by atoms with E-state index in [1.807, 2.05) is 30.5 Å². The van der Waals surface area contributed by atoms with Gasteiger partial charge in [0.05, 0.1) is 16.2 Å². The number of hydrogen-bond donors (Lipinski definition) is 3. The molecule has 0 radical (unpaired) electrons. The van der Waals surface area contributed by atoms with Gasteiger partial charge in [-0.3, -0.25) is 4.79 Å². The van der Waals surface area contributed by atoms with Gasteiger partial charge in [0.15, 0.2) is 0 Å². The van der Waals surface area contributed by atoms with Crippen LogP contribution in [0.1, 0.15) is 5.56 Å². The number of para-hydroxylation sites is 1. The van der Waals surface area contributed by atoms with Crippen molar-refractivity contribution in [3.05, 3.63) is 69.7 Å². The molecule has 0 aliphatic carbocycles. The summed E-state index contributed by atoms with van der Waals surface area (Å²) in [6, 6.07) is 11.2. The number of anilines is 1. The topological polar surface area (TPSA) is 73.6 Å². The van der Waals surface area contributed by atoms with Crippen LogP contribution < -0.4 is 10.9 Å². The number of fused-ring (bicyclic) bond motifs is 2. The van der Waals surface area contributed by atoms with E-state index in [0.29, 0.717) is 12.2 Å². The molecule has 120 valence electrons. The average Bonchev–Trinajstić information content (AvgIpc) is 2.99. The Morgan fingerprint density at radius 3 is 2.96 bits per heavy atom. The van der Waals surface area contributed by atoms with Crippen LogP contribution >= 0.6 is 11.6 Å². The number of nitrogens with zero attached hydrogens (tertiary/aromatic N) is 1. The quantitative estimate of drug-likeness (QED) is 0.531. The molecule has 1 aromatic carbocycles. The summed E-state index contributed by atoms with van der Waals surface area (Å²) in [6.45, 7) is 0.701. The van der Waals surface area contributed by atoms with Crippen molar-refractivity contribution < 1.29 is 0 Å². The molecule has 24 heavy (non-hydrogen) atoms. The van der Waals surface area contributed by atoms with Gasteiger partial charge in [-0.1, -0.05) is 23.7 Å². The van der Waals surface area contributed by atoms with E-state index in [1.165, 1.54) is 5.56 Å². The molecule has 0 aliphatic heterocycles. The van der Waals surface area contributed by atoms with Gasteiger partial charge >= 0.3 is 0 Å². The maximum Gasteiger partial charge on any atom is 0.251 e. The number of halogens is 1. The van der Waals surface area contributed by atoms with E-state index < -0.39 is 0 Å². The van der Waals surface area contributed by atoms with Crippen molar-refractivity contribution in [2.45, 2.75) is 6.42 Å². The lowest BCUT2D eigenvalue weighted by molar-refractivity contribution is 1.03. The van der Waals surface area contributed by atoms with Gasteiger partial charge in [-0.15, -0.1) is 0 Å². The van der Waals surface area contributed by atoms with Crippen molar-refractivity contribution >= 4 is 39.2 Å². The summed E-state index contributed by atoms with van der Waals surface area (Å²) in [5.74, 6) is 0. The highest BCUT2D eigenvalue weighted by Gasteiger charge is 2.07. The molecule has 4 rings (SSSR count). The zero-order valence-electron chi connectivity index (χ0n) is 12.8. The number of rotatable bonds is 4. The molecule has 0 aliphatic rings. The Hall–Kier alpha value is -2.79. The molecule has 0 bridgehead atoms. The number of aromatic nitrogens is 3. The Morgan fingerprint density at radius 2 is 2.04 bits per heavy atom. The van der Waals surface area contributed by atoms with Gasteiger partial charge in [0, 0.05) is 35.8 Å². The molecule has 0 fully saturated rings. The summed E-state index contributed by atoms with van der Waals surface area (Å²) in [5.41, 5.74) is 3.36. The zero-order chi connectivity index (χ0) is 16.5. The van der Waals surface area contributed by atoms with E-state index in [9.17, 15) is 4.79 Å². The second kappa shape index (κ2) is 6.02. The van der Waals surface area contributed by atoms with E-state index in [4.69, 9.17) is 11.6 Å². The van der Waals surface area contributed by atoms with Crippen LogP contribution in [-0.2, 0) is 6.42 Å². The lowest BCUT2D eigenvalue weighted by Gasteiger charge is -2.08. The van der Waals surface area contributed by atoms with Crippen LogP contribution in [0.3, 0.4) is 0 Å². The first-order chi connectivity index (χ1) is 11.7. The van der Waals surface area contributed by atoms with E-state index >= 15 is 0 Å². The van der Waals surface area contributed by atoms with Crippen molar-refractivity contribution in [3.63, 3.8) is 0 Å². The summed E-state index contributed by atoms with van der Waals surface area (Å²) >= 11 is 6.19. The summed E-state index contributed by atoms with van der Waals surface area (Å²) in [5, 5.41) is 6.09. The maximum absolute atomic E-state index is 11.8. The number of hydrogen-bond acceptors (Lipinski definition) is 3. The predicted molar refractivity (Wildman–Crippen MR) is 97.9 cm³/mol. The average molecular weight is 339 g/mol. The van der Waals surface area contributed by atoms with E-state index in [2.05, 4.69) is 26.3 Å². The van der Waals surface area contributed by atoms with E-state index in [-0.39, 0.29) is 5.56 Å². The minimum atomic E-state index is -0.164. The highest BCUT2D eigenvalue weighted by atomic mass is 35.5. The molecule has 6 heteroatoms. The standard InChI is InChI=1S/C18H15ClN4O/c19-14-5-1-3-12-11(10-22-17(12)14)6-8-20-15-9-16(24)23-18-13(15)4-2-7-21-18/h1-5,7,9-10,22H,6,8H2,(H2,20,21,23,24). The van der Waals surface area contributed by atoms with Gasteiger partial charge in [0.25, 0.3) is 5.56 Å². The first-order valence-electron chi connectivity index (χ1n) is 7.69. The Balaban J connectivity index is 1.57. The Morgan fingerprint density at radius 1 is 1.17 bits per heavy atom. The second-order valence-corrected chi connectivity index (χ2v) is 6.01. The molecule has 0 saturated carbocycles. The number of nitrogens with one attached hydrogen (secondary N) is 3. The smallest absolute Gasteiger partial charge is 0.251 e. The van der Waals surface area contributed by atoms with Crippen molar-refractivity contribution in [1.82, 2.24) is 15.0 Å². The van der Waals surface area contributed by atoms with Crippen LogP contribution in [0.15, 0.2) is 53.6 Å². The molecule has 0 unspecified atom stereocenters. The van der Waals surface area contributed by atoms with Crippen LogP contribution in [0.5, 0.6) is 0 Å². The van der Waals surface area contributed by atoms with Crippen molar-refractivity contribution in [2.24, 2.45) is 0 Å². The minimum absolute atomic E-state index is 0.164. The van der Waals surface area contributed by atoms with Gasteiger partial charge in [0.1, 0.15) is 5.65 Å². The molecular weight excluding hydrogens is 324 g/mol. The van der Waals surface area contributed by atoms with Gasteiger partial charge in [-0.25, -0.2) is 4.98 Å². The molecule has 5 nitrogen and oxygen atoms in total. The number of pyridine rings is 2. The lowest BCUT2D eigenvalue weighted by Crippen LogP contribution is -2.11. The van der Waals surface area contributed by atoms with E-state index in [0.717, 1.165) is 33.4 Å². The molecule has 4 aromatic rings. The molecule has 0 amide bonds. The minimum Gasteiger partial charge on any atom is -0.384 e. The highest BCUT2D eigenvalue weighted by Crippen LogP contribution is 2.25. The summed E-state index contributed by atoms with van der Waals surface area (Å²) in [6.07, 6.45) is 4.46. The molecular formula is C18H15ClN4O. The maximum atomic E-state index is 11.8. The number of benzene rings is 1. The molecule has 3 heterocycles. The molecule has 0 atom stereocenters. The number of aromatic amines is 2. The van der Waals surface area contributed by atoms with E-state index in [1.54, 1.807) is 12.3 Å². The predicted octanol–water partition coefficient (Wildman–Crippen LogP) is 3.71. The summed E-state index contributed by atoms with van der Waals surface area (Å²) in [4.78, 5) is 21.9. The molecule has 3 N–H and O–H groups in total. The molecule has 3 aromatic heterocycles. The van der Waals surface area contributed by atoms with Crippen LogP contribution in [0.2, 0.25) is 5.02 Å². The normalized spacial score (nSPS) is 11.2. The first-order valence-corrected chi connectivity index (χ1v) is 8.06. The number of H-pyrrole nitrogens is 2. The monoisotopic (exact) mass is 338 g/mol. The Bertz CT molecular complexity index is 1080. The lowest BCUT2D eigenvalue weighted by atomic mass is 10.1. The van der Waals surface area contributed by atoms with Gasteiger partial charge in [0.2, 0.25) is 0 Å². The van der Waals surface area contributed by atoms with Crippen LogP contribution in [-0.4, -0.2) is 21.5 Å². The van der Waals surface area contributed by atoms with Crippen LogP contribution in [0.25, 0.3) is 21.9 Å². The van der Waals surface area contributed by atoms with Gasteiger partial charge in [-0.2, -0.15) is 0 Å². The van der Waals surface area contributed by atoms with Crippen LogP contribution in [0.4, 0.5) is 5.69 Å². The van der Waals surface area contributed by atoms with Crippen molar-refractivity contribution in [3.8, 4) is 0 Å². The summed E-state index contributed by atoms with van der Waals surface area (Å²) in [7, 11) is 0. The summed E-state index contributed by atoms with van der Waals surface area (Å²) < 4.78 is 0. The first kappa shape index (κ1) is 14.8. The van der Waals surface area contributed by atoms with Crippen molar-refractivity contribution in [2.75, 3.05) is 11.9 Å². The van der Waals surface area contributed by atoms with Gasteiger partial charge in [-0.05, 0) is 30.2 Å². The third-order valence-corrected chi connectivity index (χ3v) is 4.39. The highest BCUT2D eigenvalue weighted by molar-refractivity contribution is 6.35. The SMILES string of the molecule is O=c1cc(NCCc2c[nH]c3c(Cl)cccc23)c2cccnc2[nH]1. The van der Waals surface area contributed by atoms with Crippen LogP contribution in [0, 0.1) is 0 Å². The largest absolute Gasteiger partial charge is 0.384 e. The van der Waals surface area contributed by atoms with Gasteiger partial charge < -0.3 is 15.3 Å². The second-order valence-electron chi connectivity index (χ2n) is 5.60. The van der Waals surface area contributed by atoms with Crippen molar-refractivity contribution in [1.29, 1.82) is 0 Å². The molecule has 0 spiro atoms. The Kier molecular flexibility index (Phi) is 3.70. The molecule has 0 saturated heterocycles. The third kappa shape index (κ3) is 2.63. The Labute approximate surface area is 142 Å². The fourth-order valence-corrected chi connectivity index (χ4v) is 3.17. The fourth-order valence-electron chi connectivity index (χ4n) is 2.94. The fraction of sp³-hybridized carbons (Fsp3) is 0.111.